The number of carbonyl (C=O) groups is 1. The fraction of sp³-hybridized carbons (Fsp3) is 0.429. The summed E-state index contributed by atoms with van der Waals surface area (Å²) < 4.78 is 10.3. The highest BCUT2D eigenvalue weighted by Gasteiger charge is 2.07. The lowest BCUT2D eigenvalue weighted by Crippen LogP contribution is -2.08. The van der Waals surface area contributed by atoms with Crippen LogP contribution in [0, 0.1) is 11.3 Å². The Bertz CT molecular complexity index is 423. The molecule has 0 saturated carbocycles. The van der Waals surface area contributed by atoms with Crippen molar-refractivity contribution in [2.45, 2.75) is 19.8 Å². The first-order chi connectivity index (χ1) is 8.77. The molecule has 0 aliphatic heterocycles. The van der Waals surface area contributed by atoms with E-state index in [4.69, 9.17) is 14.7 Å². The monoisotopic (exact) mass is 247 g/mol. The van der Waals surface area contributed by atoms with Crippen LogP contribution >= 0.6 is 0 Å². The van der Waals surface area contributed by atoms with Crippen LogP contribution in [0.1, 0.15) is 29.3 Å². The molecule has 0 aliphatic rings. The first-order valence-corrected chi connectivity index (χ1v) is 5.98. The van der Waals surface area contributed by atoms with Crippen molar-refractivity contribution in [2.75, 3.05) is 19.8 Å². The molecule has 0 fully saturated rings. The summed E-state index contributed by atoms with van der Waals surface area (Å²) in [5.74, 6) is -0.355. The van der Waals surface area contributed by atoms with Crippen LogP contribution in [0.25, 0.3) is 0 Å². The van der Waals surface area contributed by atoms with Gasteiger partial charge in [-0.2, -0.15) is 5.26 Å². The van der Waals surface area contributed by atoms with Gasteiger partial charge in [0.15, 0.2) is 0 Å². The van der Waals surface area contributed by atoms with Crippen LogP contribution in [0.15, 0.2) is 24.3 Å². The van der Waals surface area contributed by atoms with Crippen molar-refractivity contribution in [3.63, 3.8) is 0 Å². The van der Waals surface area contributed by atoms with Crippen LogP contribution in [0.2, 0.25) is 0 Å². The normalized spacial score (nSPS) is 9.78. The molecule has 0 unspecified atom stereocenters. The van der Waals surface area contributed by atoms with Crippen molar-refractivity contribution in [3.05, 3.63) is 35.4 Å². The summed E-state index contributed by atoms with van der Waals surface area (Å²) in [5, 5.41) is 8.59. The lowest BCUT2D eigenvalue weighted by Gasteiger charge is -2.05. The summed E-state index contributed by atoms with van der Waals surface area (Å²) in [7, 11) is 0. The van der Waals surface area contributed by atoms with Gasteiger partial charge in [0.25, 0.3) is 0 Å². The maximum atomic E-state index is 11.7. The highest BCUT2D eigenvalue weighted by atomic mass is 16.5. The molecule has 0 bridgehead atoms. The molecule has 0 aliphatic carbocycles. The lowest BCUT2D eigenvalue weighted by molar-refractivity contribution is 0.0452. The summed E-state index contributed by atoms with van der Waals surface area (Å²) in [6.07, 6.45) is 0.989. The zero-order chi connectivity index (χ0) is 13.2. The molecular formula is C14H17NO3. The molecule has 0 spiro atoms. The van der Waals surface area contributed by atoms with E-state index in [0.717, 1.165) is 5.56 Å². The van der Waals surface area contributed by atoms with Crippen molar-refractivity contribution >= 4 is 5.97 Å². The van der Waals surface area contributed by atoms with E-state index >= 15 is 0 Å². The Labute approximate surface area is 107 Å². The number of carbonyl (C=O) groups excluding carboxylic acids is 1. The SMILES string of the molecule is CCOCCCOC(=O)c1cccc(CC#N)c1. The number of benzene rings is 1. The van der Waals surface area contributed by atoms with Gasteiger partial charge in [-0.05, 0) is 24.6 Å². The van der Waals surface area contributed by atoms with E-state index in [1.807, 2.05) is 19.1 Å². The Kier molecular flexibility index (Phi) is 6.52. The number of nitriles is 1. The smallest absolute Gasteiger partial charge is 0.338 e. The van der Waals surface area contributed by atoms with Crippen molar-refractivity contribution in [3.8, 4) is 6.07 Å². The number of nitrogens with zero attached hydrogens (tertiary/aromatic N) is 1. The molecule has 0 amide bonds. The third-order valence-electron chi connectivity index (χ3n) is 2.32. The fourth-order valence-electron chi connectivity index (χ4n) is 1.45. The predicted octanol–water partition coefficient (Wildman–Crippen LogP) is 2.34. The second-order valence-electron chi connectivity index (χ2n) is 3.72. The van der Waals surface area contributed by atoms with Gasteiger partial charge in [-0.3, -0.25) is 0 Å². The minimum atomic E-state index is -0.355. The van der Waals surface area contributed by atoms with Crippen LogP contribution in [0.5, 0.6) is 0 Å². The summed E-state index contributed by atoms with van der Waals surface area (Å²) in [5.41, 5.74) is 1.31. The zero-order valence-corrected chi connectivity index (χ0v) is 10.5. The van der Waals surface area contributed by atoms with Crippen LogP contribution in [-0.2, 0) is 15.9 Å². The van der Waals surface area contributed by atoms with Gasteiger partial charge >= 0.3 is 5.97 Å². The van der Waals surface area contributed by atoms with Crippen molar-refractivity contribution < 1.29 is 14.3 Å². The van der Waals surface area contributed by atoms with Gasteiger partial charge in [-0.25, -0.2) is 4.79 Å². The summed E-state index contributed by atoms with van der Waals surface area (Å²) >= 11 is 0. The minimum absolute atomic E-state index is 0.297. The van der Waals surface area contributed by atoms with Crippen molar-refractivity contribution in [1.29, 1.82) is 5.26 Å². The minimum Gasteiger partial charge on any atom is -0.462 e. The van der Waals surface area contributed by atoms with Gasteiger partial charge in [0, 0.05) is 19.6 Å². The second-order valence-corrected chi connectivity index (χ2v) is 3.72. The van der Waals surface area contributed by atoms with Crippen molar-refractivity contribution in [1.82, 2.24) is 0 Å². The molecule has 0 aromatic heterocycles. The van der Waals surface area contributed by atoms with Gasteiger partial charge in [0.05, 0.1) is 24.7 Å². The second kappa shape index (κ2) is 8.26. The first-order valence-electron chi connectivity index (χ1n) is 5.98. The van der Waals surface area contributed by atoms with Gasteiger partial charge in [0.2, 0.25) is 0 Å². The topological polar surface area (TPSA) is 59.3 Å². The van der Waals surface area contributed by atoms with E-state index in [1.165, 1.54) is 0 Å². The molecule has 4 nitrogen and oxygen atoms in total. The Morgan fingerprint density at radius 3 is 2.94 bits per heavy atom. The van der Waals surface area contributed by atoms with E-state index in [0.29, 0.717) is 38.2 Å². The number of hydrogen-bond acceptors (Lipinski definition) is 4. The van der Waals surface area contributed by atoms with Crippen molar-refractivity contribution in [2.24, 2.45) is 0 Å². The number of esters is 1. The largest absolute Gasteiger partial charge is 0.462 e. The molecule has 1 rings (SSSR count). The van der Waals surface area contributed by atoms with Gasteiger partial charge in [-0.1, -0.05) is 12.1 Å². The predicted molar refractivity (Wildman–Crippen MR) is 67.2 cm³/mol. The van der Waals surface area contributed by atoms with E-state index < -0.39 is 0 Å². The quantitative estimate of drug-likeness (QED) is 0.548. The Balaban J connectivity index is 2.41. The number of hydrogen-bond donors (Lipinski definition) is 0. The molecule has 96 valence electrons. The highest BCUT2D eigenvalue weighted by molar-refractivity contribution is 5.89. The fourth-order valence-corrected chi connectivity index (χ4v) is 1.45. The standard InChI is InChI=1S/C14H17NO3/c1-2-17-9-4-10-18-14(16)13-6-3-5-12(11-13)7-8-15/h3,5-6,11H,2,4,7,9-10H2,1H3. The van der Waals surface area contributed by atoms with Crippen LogP contribution in [0.4, 0.5) is 0 Å². The van der Waals surface area contributed by atoms with E-state index in [-0.39, 0.29) is 5.97 Å². The van der Waals surface area contributed by atoms with Gasteiger partial charge < -0.3 is 9.47 Å². The van der Waals surface area contributed by atoms with E-state index in [9.17, 15) is 4.79 Å². The van der Waals surface area contributed by atoms with E-state index in [2.05, 4.69) is 0 Å². The lowest BCUT2D eigenvalue weighted by atomic mass is 10.1. The third kappa shape index (κ3) is 4.98. The Hall–Kier alpha value is -1.86. The molecule has 0 N–H and O–H groups in total. The van der Waals surface area contributed by atoms with Gasteiger partial charge in [-0.15, -0.1) is 0 Å². The number of ether oxygens (including phenoxy) is 2. The van der Waals surface area contributed by atoms with E-state index in [1.54, 1.807) is 18.2 Å². The van der Waals surface area contributed by atoms with Crippen LogP contribution < -0.4 is 0 Å². The average molecular weight is 247 g/mol. The van der Waals surface area contributed by atoms with Gasteiger partial charge in [0.1, 0.15) is 0 Å². The van der Waals surface area contributed by atoms with Crippen LogP contribution in [0.3, 0.4) is 0 Å². The number of rotatable bonds is 7. The molecule has 0 atom stereocenters. The molecule has 0 heterocycles. The Morgan fingerprint density at radius 2 is 2.22 bits per heavy atom. The first kappa shape index (κ1) is 14.2. The summed E-state index contributed by atoms with van der Waals surface area (Å²) in [6.45, 7) is 3.54. The summed E-state index contributed by atoms with van der Waals surface area (Å²) in [6, 6.07) is 8.99. The molecule has 4 heteroatoms. The third-order valence-corrected chi connectivity index (χ3v) is 2.32. The van der Waals surface area contributed by atoms with Crippen LogP contribution in [-0.4, -0.2) is 25.8 Å². The maximum Gasteiger partial charge on any atom is 0.338 e. The highest BCUT2D eigenvalue weighted by Crippen LogP contribution is 2.07. The average Bonchev–Trinajstić information content (AvgIpc) is 2.39. The Morgan fingerprint density at radius 1 is 1.39 bits per heavy atom. The summed E-state index contributed by atoms with van der Waals surface area (Å²) in [4.78, 5) is 11.7. The molecule has 0 saturated heterocycles. The molecular weight excluding hydrogens is 230 g/mol. The molecule has 18 heavy (non-hydrogen) atoms. The molecule has 0 radical (unpaired) electrons. The maximum absolute atomic E-state index is 11.7. The molecule has 1 aromatic rings. The zero-order valence-electron chi connectivity index (χ0n) is 10.5. The molecule has 1 aromatic carbocycles.